The zero-order chi connectivity index (χ0) is 8.81. The predicted molar refractivity (Wildman–Crippen MR) is 42.4 cm³/mol. The van der Waals surface area contributed by atoms with E-state index in [-0.39, 0.29) is 6.61 Å². The number of hydrogen-bond donors (Lipinski definition) is 2. The van der Waals surface area contributed by atoms with Crippen LogP contribution in [0.1, 0.15) is 17.8 Å². The number of aliphatic hydroxyl groups is 1. The van der Waals surface area contributed by atoms with Crippen LogP contribution in [0.5, 0.6) is 0 Å². The first-order valence-corrected chi connectivity index (χ1v) is 3.94. The van der Waals surface area contributed by atoms with Crippen LogP contribution in [-0.4, -0.2) is 28.6 Å². The summed E-state index contributed by atoms with van der Waals surface area (Å²) in [6.07, 6.45) is 0.754. The molecule has 1 aromatic rings. The molecular formula is C7H13N3O2. The SMILES string of the molecule is Cc1nonc1CNCCCO. The van der Waals surface area contributed by atoms with Crippen molar-refractivity contribution >= 4 is 0 Å². The highest BCUT2D eigenvalue weighted by atomic mass is 16.6. The number of rotatable bonds is 5. The first kappa shape index (κ1) is 9.15. The van der Waals surface area contributed by atoms with Crippen LogP contribution in [0, 0.1) is 6.92 Å². The summed E-state index contributed by atoms with van der Waals surface area (Å²) in [4.78, 5) is 0. The van der Waals surface area contributed by atoms with Gasteiger partial charge in [0.25, 0.3) is 0 Å². The van der Waals surface area contributed by atoms with Crippen molar-refractivity contribution in [1.82, 2.24) is 15.6 Å². The Balaban J connectivity index is 2.20. The minimum Gasteiger partial charge on any atom is -0.396 e. The number of aryl methyl sites for hydroxylation is 1. The van der Waals surface area contributed by atoms with Gasteiger partial charge >= 0.3 is 0 Å². The van der Waals surface area contributed by atoms with E-state index in [1.165, 1.54) is 0 Å². The second-order valence-electron chi connectivity index (χ2n) is 2.55. The lowest BCUT2D eigenvalue weighted by Crippen LogP contribution is -2.16. The van der Waals surface area contributed by atoms with E-state index in [0.717, 1.165) is 24.4 Å². The molecular weight excluding hydrogens is 158 g/mol. The topological polar surface area (TPSA) is 71.2 Å². The summed E-state index contributed by atoms with van der Waals surface area (Å²) < 4.78 is 4.51. The van der Waals surface area contributed by atoms with Crippen LogP contribution in [0.15, 0.2) is 4.63 Å². The van der Waals surface area contributed by atoms with Gasteiger partial charge in [0.05, 0.1) is 0 Å². The van der Waals surface area contributed by atoms with Gasteiger partial charge in [0, 0.05) is 13.2 Å². The molecule has 0 unspecified atom stereocenters. The van der Waals surface area contributed by atoms with Gasteiger partial charge in [0.1, 0.15) is 11.4 Å². The monoisotopic (exact) mass is 171 g/mol. The third kappa shape index (κ3) is 2.60. The van der Waals surface area contributed by atoms with E-state index in [0.29, 0.717) is 6.54 Å². The van der Waals surface area contributed by atoms with Crippen LogP contribution < -0.4 is 5.32 Å². The lowest BCUT2D eigenvalue weighted by atomic mass is 10.3. The van der Waals surface area contributed by atoms with Gasteiger partial charge in [-0.3, -0.25) is 0 Å². The molecule has 0 aliphatic rings. The first-order valence-electron chi connectivity index (χ1n) is 3.94. The van der Waals surface area contributed by atoms with Crippen molar-refractivity contribution in [1.29, 1.82) is 0 Å². The highest BCUT2D eigenvalue weighted by Crippen LogP contribution is 1.98. The summed E-state index contributed by atoms with van der Waals surface area (Å²) in [6, 6.07) is 0. The molecule has 0 saturated carbocycles. The fourth-order valence-corrected chi connectivity index (χ4v) is 0.821. The number of aromatic nitrogens is 2. The average Bonchev–Trinajstić information content (AvgIpc) is 2.46. The highest BCUT2D eigenvalue weighted by molar-refractivity contribution is 5.03. The Morgan fingerprint density at radius 3 is 2.92 bits per heavy atom. The molecule has 5 heteroatoms. The Morgan fingerprint density at radius 1 is 1.50 bits per heavy atom. The number of nitrogens with zero attached hydrogens (tertiary/aromatic N) is 2. The van der Waals surface area contributed by atoms with E-state index in [4.69, 9.17) is 5.11 Å². The van der Waals surface area contributed by atoms with Gasteiger partial charge in [0.2, 0.25) is 0 Å². The Labute approximate surface area is 70.7 Å². The van der Waals surface area contributed by atoms with E-state index in [1.807, 2.05) is 6.92 Å². The molecule has 12 heavy (non-hydrogen) atoms. The maximum atomic E-state index is 8.49. The fraction of sp³-hybridized carbons (Fsp3) is 0.714. The molecule has 68 valence electrons. The maximum absolute atomic E-state index is 8.49. The van der Waals surface area contributed by atoms with E-state index < -0.39 is 0 Å². The molecule has 0 aliphatic heterocycles. The highest BCUT2D eigenvalue weighted by Gasteiger charge is 2.02. The van der Waals surface area contributed by atoms with Crippen LogP contribution >= 0.6 is 0 Å². The van der Waals surface area contributed by atoms with E-state index in [9.17, 15) is 0 Å². The molecule has 0 fully saturated rings. The number of nitrogens with one attached hydrogen (secondary N) is 1. The number of aliphatic hydroxyl groups excluding tert-OH is 1. The average molecular weight is 171 g/mol. The van der Waals surface area contributed by atoms with Crippen molar-refractivity contribution in [3.05, 3.63) is 11.4 Å². The maximum Gasteiger partial charge on any atom is 0.121 e. The second-order valence-corrected chi connectivity index (χ2v) is 2.55. The van der Waals surface area contributed by atoms with Crippen molar-refractivity contribution in [3.63, 3.8) is 0 Å². The zero-order valence-electron chi connectivity index (χ0n) is 7.08. The summed E-state index contributed by atoms with van der Waals surface area (Å²) >= 11 is 0. The smallest absolute Gasteiger partial charge is 0.121 e. The molecule has 5 nitrogen and oxygen atoms in total. The summed E-state index contributed by atoms with van der Waals surface area (Å²) in [5.74, 6) is 0. The molecule has 0 aromatic carbocycles. The van der Waals surface area contributed by atoms with Gasteiger partial charge in [-0.2, -0.15) is 0 Å². The predicted octanol–water partition coefficient (Wildman–Crippen LogP) is -0.150. The molecule has 1 rings (SSSR count). The summed E-state index contributed by atoms with van der Waals surface area (Å²) in [5, 5.41) is 18.9. The Kier molecular flexibility index (Phi) is 3.69. The number of hydrogen-bond acceptors (Lipinski definition) is 5. The fourth-order valence-electron chi connectivity index (χ4n) is 0.821. The third-order valence-electron chi connectivity index (χ3n) is 1.55. The molecule has 0 atom stereocenters. The van der Waals surface area contributed by atoms with Crippen molar-refractivity contribution in [3.8, 4) is 0 Å². The van der Waals surface area contributed by atoms with E-state index in [2.05, 4.69) is 20.3 Å². The van der Waals surface area contributed by atoms with Gasteiger partial charge in [-0.05, 0) is 19.9 Å². The molecule has 0 saturated heterocycles. The molecule has 1 heterocycles. The second kappa shape index (κ2) is 4.84. The molecule has 0 spiro atoms. The Bertz CT molecular complexity index is 224. The van der Waals surface area contributed by atoms with Gasteiger partial charge in [-0.25, -0.2) is 4.63 Å². The van der Waals surface area contributed by atoms with E-state index >= 15 is 0 Å². The normalized spacial score (nSPS) is 10.5. The van der Waals surface area contributed by atoms with Crippen LogP contribution in [-0.2, 0) is 6.54 Å². The molecule has 1 aromatic heterocycles. The minimum atomic E-state index is 0.211. The van der Waals surface area contributed by atoms with Crippen molar-refractivity contribution < 1.29 is 9.74 Å². The molecule has 0 radical (unpaired) electrons. The molecule has 0 bridgehead atoms. The van der Waals surface area contributed by atoms with Gasteiger partial charge in [0.15, 0.2) is 0 Å². The minimum absolute atomic E-state index is 0.211. The third-order valence-corrected chi connectivity index (χ3v) is 1.55. The molecule has 0 amide bonds. The van der Waals surface area contributed by atoms with Crippen molar-refractivity contribution in [2.24, 2.45) is 0 Å². The summed E-state index contributed by atoms with van der Waals surface area (Å²) in [7, 11) is 0. The quantitative estimate of drug-likeness (QED) is 0.603. The Morgan fingerprint density at radius 2 is 2.33 bits per heavy atom. The van der Waals surface area contributed by atoms with Crippen LogP contribution in [0.3, 0.4) is 0 Å². The van der Waals surface area contributed by atoms with Crippen molar-refractivity contribution in [2.75, 3.05) is 13.2 Å². The summed E-state index contributed by atoms with van der Waals surface area (Å²) in [5.41, 5.74) is 1.64. The van der Waals surface area contributed by atoms with Crippen LogP contribution in [0.2, 0.25) is 0 Å². The lowest BCUT2D eigenvalue weighted by Gasteiger charge is -1.98. The van der Waals surface area contributed by atoms with Crippen LogP contribution in [0.4, 0.5) is 0 Å². The van der Waals surface area contributed by atoms with Gasteiger partial charge in [-0.15, -0.1) is 0 Å². The Hall–Kier alpha value is -0.940. The largest absolute Gasteiger partial charge is 0.396 e. The zero-order valence-corrected chi connectivity index (χ0v) is 7.08. The van der Waals surface area contributed by atoms with Gasteiger partial charge < -0.3 is 10.4 Å². The molecule has 0 aliphatic carbocycles. The van der Waals surface area contributed by atoms with E-state index in [1.54, 1.807) is 0 Å². The van der Waals surface area contributed by atoms with Crippen LogP contribution in [0.25, 0.3) is 0 Å². The summed E-state index contributed by atoms with van der Waals surface area (Å²) in [6.45, 7) is 3.49. The van der Waals surface area contributed by atoms with Gasteiger partial charge in [-0.1, -0.05) is 10.3 Å². The standard InChI is InChI=1S/C7H13N3O2/c1-6-7(10-12-9-6)5-8-3-2-4-11/h8,11H,2-5H2,1H3. The first-order chi connectivity index (χ1) is 5.84. The lowest BCUT2D eigenvalue weighted by molar-refractivity contribution is 0.284. The van der Waals surface area contributed by atoms with Crippen molar-refractivity contribution in [2.45, 2.75) is 19.9 Å². The molecule has 2 N–H and O–H groups in total.